The van der Waals surface area contributed by atoms with Gasteiger partial charge in [-0.05, 0) is 42.2 Å². The van der Waals surface area contributed by atoms with Gasteiger partial charge in [-0.15, -0.1) is 0 Å². The van der Waals surface area contributed by atoms with Crippen LogP contribution in [-0.4, -0.2) is 0 Å². The average Bonchev–Trinajstić information content (AvgIpc) is 2.18. The van der Waals surface area contributed by atoms with Gasteiger partial charge in [-0.3, -0.25) is 0 Å². The molecule has 0 N–H and O–H groups in total. The molecule has 76 valence electrons. The monoisotopic (exact) mass is 188 g/mol. The predicted molar refractivity (Wildman–Crippen MR) is 62.1 cm³/mol. The van der Waals surface area contributed by atoms with Gasteiger partial charge in [-0.25, -0.2) is 0 Å². The van der Waals surface area contributed by atoms with E-state index >= 15 is 0 Å². The fourth-order valence-electron chi connectivity index (χ4n) is 2.58. The van der Waals surface area contributed by atoms with Crippen LogP contribution in [0.15, 0.2) is 34.9 Å². The van der Waals surface area contributed by atoms with Crippen molar-refractivity contribution in [3.8, 4) is 0 Å². The molecule has 0 radical (unpaired) electrons. The Morgan fingerprint density at radius 3 is 2.86 bits per heavy atom. The first-order valence-corrected chi connectivity index (χ1v) is 5.80. The van der Waals surface area contributed by atoms with Crippen LogP contribution in [0.2, 0.25) is 0 Å². The molecule has 2 rings (SSSR count). The molecule has 2 aliphatic carbocycles. The molecule has 0 saturated carbocycles. The lowest BCUT2D eigenvalue weighted by Gasteiger charge is -2.29. The maximum Gasteiger partial charge on any atom is -0.0188 e. The van der Waals surface area contributed by atoms with E-state index < -0.39 is 0 Å². The molecule has 14 heavy (non-hydrogen) atoms. The summed E-state index contributed by atoms with van der Waals surface area (Å²) >= 11 is 0. The molecule has 0 bridgehead atoms. The van der Waals surface area contributed by atoms with Gasteiger partial charge in [-0.1, -0.05) is 44.6 Å². The minimum absolute atomic E-state index is 0.676. The van der Waals surface area contributed by atoms with Crippen LogP contribution in [0.25, 0.3) is 0 Å². The molecule has 1 unspecified atom stereocenters. The summed E-state index contributed by atoms with van der Waals surface area (Å²) in [6.45, 7) is 6.96. The normalized spacial score (nSPS) is 26.6. The van der Waals surface area contributed by atoms with Crippen molar-refractivity contribution < 1.29 is 0 Å². The van der Waals surface area contributed by atoms with Crippen LogP contribution >= 0.6 is 0 Å². The second-order valence-electron chi connectivity index (χ2n) is 4.83. The Balaban J connectivity index is 2.39. The van der Waals surface area contributed by atoms with E-state index in [0.29, 0.717) is 5.92 Å². The average molecular weight is 188 g/mol. The second-order valence-corrected chi connectivity index (χ2v) is 4.83. The Bertz CT molecular complexity index is 313. The zero-order valence-electron chi connectivity index (χ0n) is 9.51. The highest BCUT2D eigenvalue weighted by molar-refractivity contribution is 5.49. The molecule has 0 spiro atoms. The Hall–Kier alpha value is -0.780. The highest BCUT2D eigenvalue weighted by Gasteiger charge is 2.22. The van der Waals surface area contributed by atoms with Gasteiger partial charge in [0, 0.05) is 0 Å². The van der Waals surface area contributed by atoms with Gasteiger partial charge >= 0.3 is 0 Å². The highest BCUT2D eigenvalue weighted by atomic mass is 14.3. The van der Waals surface area contributed by atoms with Gasteiger partial charge < -0.3 is 0 Å². The summed E-state index contributed by atoms with van der Waals surface area (Å²) in [6.07, 6.45) is 10.9. The van der Waals surface area contributed by atoms with Gasteiger partial charge in [0.15, 0.2) is 0 Å². The molecule has 0 heteroatoms. The largest absolute Gasteiger partial charge is 0.0836 e. The maximum absolute atomic E-state index is 2.45. The predicted octanol–water partition coefficient (Wildman–Crippen LogP) is 4.26. The maximum atomic E-state index is 2.45. The topological polar surface area (TPSA) is 0 Å². The third kappa shape index (κ3) is 1.58. The first-order chi connectivity index (χ1) is 6.70. The fraction of sp³-hybridized carbons (Fsp3) is 0.571. The summed E-state index contributed by atoms with van der Waals surface area (Å²) in [6, 6.07) is 0. The molecule has 0 nitrogen and oxygen atoms in total. The van der Waals surface area contributed by atoms with Crippen LogP contribution in [0.5, 0.6) is 0 Å². The Kier molecular flexibility index (Phi) is 2.62. The molecule has 0 amide bonds. The van der Waals surface area contributed by atoms with E-state index in [0.717, 1.165) is 5.92 Å². The smallest absolute Gasteiger partial charge is 0.0188 e. The third-order valence-electron chi connectivity index (χ3n) is 3.43. The molecule has 0 aromatic heterocycles. The van der Waals surface area contributed by atoms with Gasteiger partial charge in [0.05, 0.1) is 0 Å². The van der Waals surface area contributed by atoms with Crippen molar-refractivity contribution in [2.45, 2.75) is 40.0 Å². The lowest BCUT2D eigenvalue weighted by atomic mass is 9.76. The zero-order valence-corrected chi connectivity index (χ0v) is 9.51. The van der Waals surface area contributed by atoms with E-state index in [1.807, 2.05) is 0 Å². The van der Waals surface area contributed by atoms with E-state index in [1.54, 1.807) is 16.7 Å². The summed E-state index contributed by atoms with van der Waals surface area (Å²) in [4.78, 5) is 0. The first-order valence-electron chi connectivity index (χ1n) is 5.80. The van der Waals surface area contributed by atoms with E-state index in [2.05, 4.69) is 39.0 Å². The molecule has 0 fully saturated rings. The van der Waals surface area contributed by atoms with Crippen molar-refractivity contribution in [2.75, 3.05) is 0 Å². The second kappa shape index (κ2) is 3.76. The number of allylic oxidation sites excluding steroid dienone is 6. The summed E-state index contributed by atoms with van der Waals surface area (Å²) < 4.78 is 0. The highest BCUT2D eigenvalue weighted by Crippen LogP contribution is 2.38. The van der Waals surface area contributed by atoms with Crippen molar-refractivity contribution in [3.05, 3.63) is 34.9 Å². The molecule has 0 aliphatic heterocycles. The summed E-state index contributed by atoms with van der Waals surface area (Å²) in [5.74, 6) is 1.45. The zero-order chi connectivity index (χ0) is 10.1. The lowest BCUT2D eigenvalue weighted by molar-refractivity contribution is 0.614. The molecule has 0 saturated heterocycles. The van der Waals surface area contributed by atoms with Gasteiger partial charge in [-0.2, -0.15) is 0 Å². The quantitative estimate of drug-likeness (QED) is 0.577. The number of hydrogen-bond donors (Lipinski definition) is 0. The van der Waals surface area contributed by atoms with Gasteiger partial charge in [0.2, 0.25) is 0 Å². The van der Waals surface area contributed by atoms with E-state index in [4.69, 9.17) is 0 Å². The van der Waals surface area contributed by atoms with Crippen molar-refractivity contribution >= 4 is 0 Å². The molecular formula is C14H20. The van der Waals surface area contributed by atoms with Gasteiger partial charge in [0.25, 0.3) is 0 Å². The third-order valence-corrected chi connectivity index (χ3v) is 3.43. The minimum Gasteiger partial charge on any atom is -0.0836 e. The lowest BCUT2D eigenvalue weighted by Crippen LogP contribution is -2.13. The van der Waals surface area contributed by atoms with Crippen molar-refractivity contribution in [3.63, 3.8) is 0 Å². The van der Waals surface area contributed by atoms with E-state index in [-0.39, 0.29) is 0 Å². The van der Waals surface area contributed by atoms with Crippen LogP contribution in [0, 0.1) is 11.8 Å². The van der Waals surface area contributed by atoms with Crippen LogP contribution in [0.1, 0.15) is 40.0 Å². The molecule has 0 aromatic carbocycles. The Morgan fingerprint density at radius 2 is 2.14 bits per heavy atom. The summed E-state index contributed by atoms with van der Waals surface area (Å²) in [7, 11) is 0. The molecule has 2 aliphatic rings. The van der Waals surface area contributed by atoms with Crippen LogP contribution < -0.4 is 0 Å². The summed E-state index contributed by atoms with van der Waals surface area (Å²) in [5.41, 5.74) is 4.85. The van der Waals surface area contributed by atoms with Gasteiger partial charge in [0.1, 0.15) is 0 Å². The minimum atomic E-state index is 0.676. The van der Waals surface area contributed by atoms with Crippen LogP contribution in [-0.2, 0) is 0 Å². The molecular weight excluding hydrogens is 168 g/mol. The molecule has 0 aromatic rings. The number of rotatable bonds is 1. The summed E-state index contributed by atoms with van der Waals surface area (Å²) in [5, 5.41) is 0. The molecule has 1 atom stereocenters. The Morgan fingerprint density at radius 1 is 1.36 bits per heavy atom. The Labute approximate surface area is 87.4 Å². The van der Waals surface area contributed by atoms with Crippen molar-refractivity contribution in [1.29, 1.82) is 0 Å². The standard InChI is InChI=1S/C14H20/c1-10(2)12-9-8-11(3)13-6-4-5-7-14(12)13/h5,7,9-11H,4,6,8H2,1-3H3. The van der Waals surface area contributed by atoms with Crippen molar-refractivity contribution in [2.24, 2.45) is 11.8 Å². The van der Waals surface area contributed by atoms with Crippen LogP contribution in [0.4, 0.5) is 0 Å². The number of hydrogen-bond acceptors (Lipinski definition) is 0. The van der Waals surface area contributed by atoms with Crippen molar-refractivity contribution in [1.82, 2.24) is 0 Å². The van der Waals surface area contributed by atoms with E-state index in [1.165, 1.54) is 19.3 Å². The van der Waals surface area contributed by atoms with Crippen LogP contribution in [0.3, 0.4) is 0 Å². The SMILES string of the molecule is CC(C)C1=CCC(C)C2=C1C=CCC2. The molecule has 0 heterocycles. The van der Waals surface area contributed by atoms with E-state index in [9.17, 15) is 0 Å². The first kappa shape index (κ1) is 9.76. The fourth-order valence-corrected chi connectivity index (χ4v) is 2.58.